The lowest BCUT2D eigenvalue weighted by Gasteiger charge is -2.23. The quantitative estimate of drug-likeness (QED) is 0.783. The maximum absolute atomic E-state index is 13.4. The van der Waals surface area contributed by atoms with Crippen LogP contribution in [0.25, 0.3) is 0 Å². The molecule has 0 spiro atoms. The highest BCUT2D eigenvalue weighted by Crippen LogP contribution is 2.27. The molecule has 0 saturated carbocycles. The fraction of sp³-hybridized carbons (Fsp3) is 0.625. The van der Waals surface area contributed by atoms with Crippen molar-refractivity contribution in [3.8, 4) is 0 Å². The molecule has 0 radical (unpaired) electrons. The predicted octanol–water partition coefficient (Wildman–Crippen LogP) is 4.53. The van der Waals surface area contributed by atoms with Gasteiger partial charge in [0, 0.05) is 6.04 Å². The largest absolute Gasteiger partial charge is 0.310 e. The molecule has 1 aromatic carbocycles. The summed E-state index contributed by atoms with van der Waals surface area (Å²) in [6.07, 6.45) is 2.30. The van der Waals surface area contributed by atoms with Gasteiger partial charge in [0.2, 0.25) is 0 Å². The Morgan fingerprint density at radius 1 is 1.11 bits per heavy atom. The van der Waals surface area contributed by atoms with Crippen LogP contribution in [-0.2, 0) is 0 Å². The van der Waals surface area contributed by atoms with Crippen molar-refractivity contribution in [2.24, 2.45) is 5.92 Å². The molecule has 18 heavy (non-hydrogen) atoms. The molecular weight excluding hydrogens is 225 g/mol. The highest BCUT2D eigenvalue weighted by Gasteiger charge is 2.16. The van der Waals surface area contributed by atoms with E-state index in [0.29, 0.717) is 12.0 Å². The molecule has 0 aliphatic rings. The van der Waals surface area contributed by atoms with Gasteiger partial charge >= 0.3 is 0 Å². The standard InChI is InChI=1S/C16H26FN/c1-6-18-15(8-7-11(2)3)16-12(4)9-14(17)10-13(16)5/h9-11,15,18H,6-8H2,1-5H3. The minimum absolute atomic E-state index is 0.132. The van der Waals surface area contributed by atoms with E-state index < -0.39 is 0 Å². The average molecular weight is 251 g/mol. The molecule has 0 bridgehead atoms. The van der Waals surface area contributed by atoms with Gasteiger partial charge in [-0.05, 0) is 68.0 Å². The molecular formula is C16H26FN. The molecule has 1 nitrogen and oxygen atoms in total. The van der Waals surface area contributed by atoms with Crippen molar-refractivity contribution in [2.75, 3.05) is 6.54 Å². The zero-order valence-electron chi connectivity index (χ0n) is 12.3. The van der Waals surface area contributed by atoms with E-state index in [1.807, 2.05) is 13.8 Å². The van der Waals surface area contributed by atoms with Crippen molar-refractivity contribution in [1.82, 2.24) is 5.32 Å². The number of hydrogen-bond acceptors (Lipinski definition) is 1. The Balaban J connectivity index is 2.97. The zero-order chi connectivity index (χ0) is 13.7. The maximum atomic E-state index is 13.4. The van der Waals surface area contributed by atoms with Crippen LogP contribution in [0.1, 0.15) is 56.3 Å². The first-order valence-electron chi connectivity index (χ1n) is 6.95. The van der Waals surface area contributed by atoms with E-state index in [2.05, 4.69) is 26.1 Å². The lowest BCUT2D eigenvalue weighted by atomic mass is 9.91. The summed E-state index contributed by atoms with van der Waals surface area (Å²) >= 11 is 0. The van der Waals surface area contributed by atoms with Gasteiger partial charge in [0.15, 0.2) is 0 Å². The van der Waals surface area contributed by atoms with E-state index in [1.54, 1.807) is 12.1 Å². The highest BCUT2D eigenvalue weighted by molar-refractivity contribution is 5.36. The van der Waals surface area contributed by atoms with Crippen LogP contribution in [0.2, 0.25) is 0 Å². The van der Waals surface area contributed by atoms with Crippen LogP contribution in [0.5, 0.6) is 0 Å². The molecule has 0 heterocycles. The molecule has 0 amide bonds. The Hall–Kier alpha value is -0.890. The molecule has 1 aromatic rings. The van der Waals surface area contributed by atoms with Crippen molar-refractivity contribution in [2.45, 2.75) is 53.5 Å². The van der Waals surface area contributed by atoms with Gasteiger partial charge in [-0.3, -0.25) is 0 Å². The first-order valence-corrected chi connectivity index (χ1v) is 6.95. The molecule has 1 N–H and O–H groups in total. The molecule has 0 fully saturated rings. The lowest BCUT2D eigenvalue weighted by molar-refractivity contribution is 0.445. The average Bonchev–Trinajstić information content (AvgIpc) is 2.24. The third kappa shape index (κ3) is 4.09. The smallest absolute Gasteiger partial charge is 0.123 e. The number of halogens is 1. The van der Waals surface area contributed by atoms with E-state index in [4.69, 9.17) is 0 Å². The molecule has 0 aromatic heterocycles. The van der Waals surface area contributed by atoms with Gasteiger partial charge in [-0.1, -0.05) is 20.8 Å². The van der Waals surface area contributed by atoms with E-state index in [9.17, 15) is 4.39 Å². The van der Waals surface area contributed by atoms with Gasteiger partial charge in [-0.25, -0.2) is 4.39 Å². The van der Waals surface area contributed by atoms with Crippen LogP contribution in [0.3, 0.4) is 0 Å². The number of benzene rings is 1. The first-order chi connectivity index (χ1) is 8.45. The van der Waals surface area contributed by atoms with Crippen LogP contribution in [-0.4, -0.2) is 6.54 Å². The van der Waals surface area contributed by atoms with E-state index in [0.717, 1.165) is 24.1 Å². The summed E-state index contributed by atoms with van der Waals surface area (Å²) in [6, 6.07) is 3.63. The van der Waals surface area contributed by atoms with Crippen LogP contribution < -0.4 is 5.32 Å². The second kappa shape index (κ2) is 6.89. The second-order valence-electron chi connectivity index (χ2n) is 5.53. The summed E-state index contributed by atoms with van der Waals surface area (Å²) in [5.74, 6) is 0.570. The maximum Gasteiger partial charge on any atom is 0.123 e. The summed E-state index contributed by atoms with van der Waals surface area (Å²) in [5.41, 5.74) is 3.39. The Kier molecular flexibility index (Phi) is 5.80. The summed E-state index contributed by atoms with van der Waals surface area (Å²) in [5, 5.41) is 3.53. The van der Waals surface area contributed by atoms with Crippen LogP contribution in [0, 0.1) is 25.6 Å². The fourth-order valence-electron chi connectivity index (χ4n) is 2.57. The lowest BCUT2D eigenvalue weighted by Crippen LogP contribution is -2.23. The monoisotopic (exact) mass is 251 g/mol. The second-order valence-corrected chi connectivity index (χ2v) is 5.53. The molecule has 0 saturated heterocycles. The van der Waals surface area contributed by atoms with Crippen molar-refractivity contribution in [3.05, 3.63) is 34.6 Å². The van der Waals surface area contributed by atoms with E-state index in [-0.39, 0.29) is 5.82 Å². The SMILES string of the molecule is CCNC(CCC(C)C)c1c(C)cc(F)cc1C. The van der Waals surface area contributed by atoms with Gasteiger partial charge in [0.25, 0.3) is 0 Å². The summed E-state index contributed by atoms with van der Waals surface area (Å²) in [6.45, 7) is 11.6. The normalized spacial score (nSPS) is 13.1. The number of nitrogens with one attached hydrogen (secondary N) is 1. The minimum atomic E-state index is -0.132. The Morgan fingerprint density at radius 3 is 2.11 bits per heavy atom. The topological polar surface area (TPSA) is 12.0 Å². The zero-order valence-corrected chi connectivity index (χ0v) is 12.3. The van der Waals surface area contributed by atoms with Crippen molar-refractivity contribution in [3.63, 3.8) is 0 Å². The Morgan fingerprint density at radius 2 is 1.67 bits per heavy atom. The van der Waals surface area contributed by atoms with Gasteiger partial charge in [-0.2, -0.15) is 0 Å². The minimum Gasteiger partial charge on any atom is -0.310 e. The van der Waals surface area contributed by atoms with Crippen molar-refractivity contribution in [1.29, 1.82) is 0 Å². The van der Waals surface area contributed by atoms with Crippen LogP contribution in [0.15, 0.2) is 12.1 Å². The highest BCUT2D eigenvalue weighted by atomic mass is 19.1. The third-order valence-electron chi connectivity index (χ3n) is 3.39. The Bertz CT molecular complexity index is 362. The Labute approximate surface area is 111 Å². The van der Waals surface area contributed by atoms with E-state index >= 15 is 0 Å². The summed E-state index contributed by atoms with van der Waals surface area (Å²) < 4.78 is 13.4. The van der Waals surface area contributed by atoms with Gasteiger partial charge in [0.1, 0.15) is 5.82 Å². The fourth-order valence-corrected chi connectivity index (χ4v) is 2.57. The molecule has 0 aliphatic carbocycles. The number of aryl methyl sites for hydroxylation is 2. The molecule has 1 rings (SSSR count). The van der Waals surface area contributed by atoms with Gasteiger partial charge in [-0.15, -0.1) is 0 Å². The van der Waals surface area contributed by atoms with Crippen LogP contribution >= 0.6 is 0 Å². The third-order valence-corrected chi connectivity index (χ3v) is 3.39. The first kappa shape index (κ1) is 15.2. The number of hydrogen-bond donors (Lipinski definition) is 1. The predicted molar refractivity (Wildman–Crippen MR) is 76.4 cm³/mol. The molecule has 1 unspecified atom stereocenters. The van der Waals surface area contributed by atoms with Crippen molar-refractivity contribution >= 4 is 0 Å². The molecule has 2 heteroatoms. The number of rotatable bonds is 6. The molecule has 0 aliphatic heterocycles. The summed E-state index contributed by atoms with van der Waals surface area (Å²) in [4.78, 5) is 0. The van der Waals surface area contributed by atoms with E-state index in [1.165, 1.54) is 12.0 Å². The van der Waals surface area contributed by atoms with Gasteiger partial charge in [0.05, 0.1) is 0 Å². The van der Waals surface area contributed by atoms with Gasteiger partial charge < -0.3 is 5.32 Å². The molecule has 102 valence electrons. The van der Waals surface area contributed by atoms with Crippen LogP contribution in [0.4, 0.5) is 4.39 Å². The van der Waals surface area contributed by atoms with Crippen molar-refractivity contribution < 1.29 is 4.39 Å². The molecule has 1 atom stereocenters. The summed E-state index contributed by atoms with van der Waals surface area (Å²) in [7, 11) is 0.